The third kappa shape index (κ3) is 3.87. The van der Waals surface area contributed by atoms with Gasteiger partial charge >= 0.3 is 0 Å². The van der Waals surface area contributed by atoms with Crippen LogP contribution < -0.4 is 5.32 Å². The summed E-state index contributed by atoms with van der Waals surface area (Å²) in [5.41, 5.74) is 4.31. The molecule has 6 rings (SSSR count). The third-order valence-corrected chi connectivity index (χ3v) is 5.89. The Labute approximate surface area is 208 Å². The average molecular weight is 498 g/mol. The van der Waals surface area contributed by atoms with Crippen molar-refractivity contribution in [1.29, 1.82) is 0 Å². The Kier molecular flexibility index (Phi) is 5.23. The molecule has 0 radical (unpaired) electrons. The van der Waals surface area contributed by atoms with Crippen LogP contribution in [0.3, 0.4) is 0 Å². The van der Waals surface area contributed by atoms with E-state index in [9.17, 15) is 4.79 Å². The molecule has 0 aliphatic heterocycles. The number of hydrogen-bond acceptors (Lipinski definition) is 8. The van der Waals surface area contributed by atoms with Crippen LogP contribution in [0.15, 0.2) is 77.6 Å². The van der Waals surface area contributed by atoms with Crippen molar-refractivity contribution in [3.05, 3.63) is 89.5 Å². The number of halogens is 1. The van der Waals surface area contributed by atoms with E-state index in [4.69, 9.17) is 16.1 Å². The lowest BCUT2D eigenvalue weighted by molar-refractivity contribution is 0.102. The molecule has 0 atom stereocenters. The van der Waals surface area contributed by atoms with Crippen LogP contribution in [0.2, 0.25) is 5.02 Å². The first-order valence-corrected chi connectivity index (χ1v) is 11.2. The largest absolute Gasteiger partial charge is 0.355 e. The highest BCUT2D eigenvalue weighted by atomic mass is 35.5. The molecule has 3 aromatic carbocycles. The van der Waals surface area contributed by atoms with Gasteiger partial charge in [0.1, 0.15) is 11.8 Å². The van der Waals surface area contributed by atoms with Crippen molar-refractivity contribution in [1.82, 2.24) is 40.4 Å². The highest BCUT2D eigenvalue weighted by Gasteiger charge is 2.19. The van der Waals surface area contributed by atoms with E-state index in [0.29, 0.717) is 39.1 Å². The molecule has 0 bridgehead atoms. The molecule has 0 saturated carbocycles. The number of amides is 1. The number of carbonyl (C=O) groups is 1. The third-order valence-electron chi connectivity index (χ3n) is 5.64. The molecule has 0 aliphatic rings. The first kappa shape index (κ1) is 21.6. The highest BCUT2D eigenvalue weighted by molar-refractivity contribution is 6.30. The molecule has 3 aromatic heterocycles. The zero-order valence-corrected chi connectivity index (χ0v) is 19.5. The first-order valence-electron chi connectivity index (χ1n) is 10.8. The number of carbonyl (C=O) groups excluding carboxylic acids is 1. The van der Waals surface area contributed by atoms with Gasteiger partial charge in [0, 0.05) is 16.3 Å². The van der Waals surface area contributed by atoms with E-state index in [1.54, 1.807) is 41.9 Å². The number of benzene rings is 3. The van der Waals surface area contributed by atoms with Crippen LogP contribution in [0.5, 0.6) is 0 Å². The quantitative estimate of drug-likeness (QED) is 0.374. The van der Waals surface area contributed by atoms with Gasteiger partial charge in [0.2, 0.25) is 0 Å². The van der Waals surface area contributed by atoms with Gasteiger partial charge in [0.25, 0.3) is 5.91 Å². The molecule has 6 aromatic rings. The van der Waals surface area contributed by atoms with Crippen LogP contribution in [0.1, 0.15) is 16.2 Å². The smallest absolute Gasteiger partial charge is 0.278 e. The van der Waals surface area contributed by atoms with Gasteiger partial charge in [0.15, 0.2) is 11.5 Å². The summed E-state index contributed by atoms with van der Waals surface area (Å²) in [4.78, 5) is 13.0. The van der Waals surface area contributed by atoms with Crippen LogP contribution in [0, 0.1) is 6.92 Å². The van der Waals surface area contributed by atoms with Crippen LogP contribution in [-0.4, -0.2) is 46.3 Å². The Morgan fingerprint density at radius 3 is 2.67 bits per heavy atom. The van der Waals surface area contributed by atoms with Gasteiger partial charge in [-0.1, -0.05) is 28.0 Å². The Morgan fingerprint density at radius 1 is 1.00 bits per heavy atom. The fourth-order valence-electron chi connectivity index (χ4n) is 3.85. The Morgan fingerprint density at radius 2 is 1.86 bits per heavy atom. The Bertz CT molecular complexity index is 1710. The predicted octanol–water partition coefficient (Wildman–Crippen LogP) is 4.27. The van der Waals surface area contributed by atoms with E-state index in [1.165, 1.54) is 11.0 Å². The van der Waals surface area contributed by atoms with Gasteiger partial charge in [-0.3, -0.25) is 4.79 Å². The second-order valence-electron chi connectivity index (χ2n) is 7.91. The first-order chi connectivity index (χ1) is 17.6. The standard InChI is InChI=1S/C24H16ClN9O2/c1-14-22(24(35)27-17-3-2-4-18(11-17)33-13-26-30-32-33)28-31-34(14)19-9-10-21-20(12-19)23(36-29-21)15-5-7-16(25)8-6-15/h2-13H,1H3,(H,27,35). The number of hydrogen-bond donors (Lipinski definition) is 1. The zero-order chi connectivity index (χ0) is 24.6. The molecule has 36 heavy (non-hydrogen) atoms. The molecule has 0 unspecified atom stereocenters. The number of rotatable bonds is 5. The Hall–Kier alpha value is -4.90. The van der Waals surface area contributed by atoms with Crippen LogP contribution in [0.4, 0.5) is 5.69 Å². The van der Waals surface area contributed by atoms with Crippen molar-refractivity contribution < 1.29 is 9.32 Å². The van der Waals surface area contributed by atoms with E-state index in [1.807, 2.05) is 36.4 Å². The van der Waals surface area contributed by atoms with Crippen LogP contribution >= 0.6 is 11.6 Å². The zero-order valence-electron chi connectivity index (χ0n) is 18.7. The lowest BCUT2D eigenvalue weighted by atomic mass is 10.1. The molecule has 3 heterocycles. The predicted molar refractivity (Wildman–Crippen MR) is 131 cm³/mol. The molecular formula is C24H16ClN9O2. The number of nitrogens with one attached hydrogen (secondary N) is 1. The molecule has 12 heteroatoms. The van der Waals surface area contributed by atoms with Crippen molar-refractivity contribution in [2.24, 2.45) is 0 Å². The fraction of sp³-hybridized carbons (Fsp3) is 0.0417. The lowest BCUT2D eigenvalue weighted by Crippen LogP contribution is -2.14. The molecule has 1 N–H and O–H groups in total. The number of tetrazole rings is 1. The molecule has 0 spiro atoms. The van der Waals surface area contributed by atoms with Gasteiger partial charge in [-0.25, -0.2) is 9.36 Å². The maximum absolute atomic E-state index is 13.0. The van der Waals surface area contributed by atoms with Crippen LogP contribution in [0.25, 0.3) is 33.6 Å². The van der Waals surface area contributed by atoms with Crippen molar-refractivity contribution in [3.63, 3.8) is 0 Å². The van der Waals surface area contributed by atoms with Gasteiger partial charge in [-0.05, 0) is 78.0 Å². The summed E-state index contributed by atoms with van der Waals surface area (Å²) in [5.74, 6) is 0.224. The summed E-state index contributed by atoms with van der Waals surface area (Å²) in [6.07, 6.45) is 1.47. The summed E-state index contributed by atoms with van der Waals surface area (Å²) in [5, 5.41) is 27.9. The van der Waals surface area contributed by atoms with E-state index in [0.717, 1.165) is 10.9 Å². The van der Waals surface area contributed by atoms with Crippen molar-refractivity contribution >= 4 is 34.1 Å². The summed E-state index contributed by atoms with van der Waals surface area (Å²) >= 11 is 6.02. The second-order valence-corrected chi connectivity index (χ2v) is 8.35. The van der Waals surface area contributed by atoms with E-state index < -0.39 is 0 Å². The monoisotopic (exact) mass is 497 g/mol. The number of nitrogens with zero attached hydrogens (tertiary/aromatic N) is 8. The summed E-state index contributed by atoms with van der Waals surface area (Å²) < 4.78 is 8.69. The van der Waals surface area contributed by atoms with E-state index in [-0.39, 0.29) is 11.6 Å². The minimum Gasteiger partial charge on any atom is -0.355 e. The SMILES string of the molecule is Cc1c(C(=O)Nc2cccc(-n3cnnn3)c2)nnn1-c1ccc2noc(-c3ccc(Cl)cc3)c2c1. The van der Waals surface area contributed by atoms with Crippen molar-refractivity contribution in [2.75, 3.05) is 5.32 Å². The van der Waals surface area contributed by atoms with E-state index >= 15 is 0 Å². The molecule has 11 nitrogen and oxygen atoms in total. The summed E-state index contributed by atoms with van der Waals surface area (Å²) in [6, 6.07) is 20.0. The number of fused-ring (bicyclic) bond motifs is 1. The van der Waals surface area contributed by atoms with Crippen molar-refractivity contribution in [2.45, 2.75) is 6.92 Å². The topological polar surface area (TPSA) is 129 Å². The van der Waals surface area contributed by atoms with Gasteiger partial charge in [-0.2, -0.15) is 0 Å². The fourth-order valence-corrected chi connectivity index (χ4v) is 3.98. The second kappa shape index (κ2) is 8.71. The molecule has 0 aliphatic carbocycles. The van der Waals surface area contributed by atoms with Crippen LogP contribution in [-0.2, 0) is 0 Å². The van der Waals surface area contributed by atoms with Crippen molar-refractivity contribution in [3.8, 4) is 22.7 Å². The van der Waals surface area contributed by atoms with Gasteiger partial charge < -0.3 is 9.84 Å². The highest BCUT2D eigenvalue weighted by Crippen LogP contribution is 2.31. The maximum Gasteiger partial charge on any atom is 0.278 e. The molecule has 0 saturated heterocycles. The van der Waals surface area contributed by atoms with E-state index in [2.05, 4.69) is 36.3 Å². The number of anilines is 1. The molecule has 0 fully saturated rings. The Balaban J connectivity index is 1.30. The summed E-state index contributed by atoms with van der Waals surface area (Å²) in [6.45, 7) is 1.78. The van der Waals surface area contributed by atoms with Gasteiger partial charge in [0.05, 0.1) is 22.5 Å². The normalized spacial score (nSPS) is 11.2. The molecule has 176 valence electrons. The molecule has 1 amide bonds. The summed E-state index contributed by atoms with van der Waals surface area (Å²) in [7, 11) is 0. The number of aromatic nitrogens is 8. The average Bonchev–Trinajstić information content (AvgIpc) is 3.64. The molecular weight excluding hydrogens is 482 g/mol. The lowest BCUT2D eigenvalue weighted by Gasteiger charge is -2.07. The maximum atomic E-state index is 13.0. The minimum atomic E-state index is -0.388. The minimum absolute atomic E-state index is 0.200. The van der Waals surface area contributed by atoms with Gasteiger partial charge in [-0.15, -0.1) is 10.2 Å².